The van der Waals surface area contributed by atoms with E-state index < -0.39 is 34.8 Å². The smallest absolute Gasteiger partial charge is 0.417 e. The first-order chi connectivity index (χ1) is 13.7. The number of nitrogens with one attached hydrogen (secondary N) is 1. The van der Waals surface area contributed by atoms with Gasteiger partial charge in [0.15, 0.2) is 0 Å². The molecule has 0 spiro atoms. The van der Waals surface area contributed by atoms with Gasteiger partial charge in [-0.15, -0.1) is 0 Å². The Labute approximate surface area is 164 Å². The van der Waals surface area contributed by atoms with E-state index in [1.165, 1.54) is 13.2 Å². The third kappa shape index (κ3) is 3.27. The molecule has 6 nitrogen and oxygen atoms in total. The number of carbonyl (C=O) groups is 2. The summed E-state index contributed by atoms with van der Waals surface area (Å²) in [6.45, 7) is 1.69. The maximum Gasteiger partial charge on any atom is 0.417 e. The first-order valence-corrected chi connectivity index (χ1v) is 8.60. The maximum atomic E-state index is 13.3. The molecule has 0 bridgehead atoms. The maximum absolute atomic E-state index is 13.3. The fourth-order valence-electron chi connectivity index (χ4n) is 3.33. The lowest BCUT2D eigenvalue weighted by atomic mass is 9.87. The Morgan fingerprint density at radius 2 is 1.83 bits per heavy atom. The van der Waals surface area contributed by atoms with E-state index in [-0.39, 0.29) is 12.1 Å². The van der Waals surface area contributed by atoms with Crippen molar-refractivity contribution >= 4 is 17.6 Å². The van der Waals surface area contributed by atoms with Crippen LogP contribution in [-0.4, -0.2) is 19.0 Å². The fourth-order valence-corrected chi connectivity index (χ4v) is 3.33. The highest BCUT2D eigenvalue weighted by atomic mass is 19.4. The summed E-state index contributed by atoms with van der Waals surface area (Å²) >= 11 is 0. The molecule has 1 unspecified atom stereocenters. The number of nitriles is 1. The Hall–Kier alpha value is -3.54. The van der Waals surface area contributed by atoms with Crippen molar-refractivity contribution in [2.24, 2.45) is 0 Å². The van der Waals surface area contributed by atoms with Gasteiger partial charge in [-0.3, -0.25) is 4.79 Å². The van der Waals surface area contributed by atoms with Crippen molar-refractivity contribution < 1.29 is 27.5 Å². The quantitative estimate of drug-likeness (QED) is 0.784. The highest BCUT2D eigenvalue weighted by Gasteiger charge is 2.52. The van der Waals surface area contributed by atoms with Gasteiger partial charge in [0, 0.05) is 0 Å². The number of hydrogen-bond donors (Lipinski definition) is 1. The number of carbonyl (C=O) groups excluding carboxylic acids is 2. The van der Waals surface area contributed by atoms with Gasteiger partial charge >= 0.3 is 12.2 Å². The number of rotatable bonds is 4. The van der Waals surface area contributed by atoms with Gasteiger partial charge < -0.3 is 10.1 Å². The lowest BCUT2D eigenvalue weighted by molar-refractivity contribution is -0.137. The number of halogens is 3. The van der Waals surface area contributed by atoms with E-state index in [9.17, 15) is 22.8 Å². The van der Waals surface area contributed by atoms with Gasteiger partial charge in [0.25, 0.3) is 5.91 Å². The minimum atomic E-state index is -4.81. The van der Waals surface area contributed by atoms with Crippen molar-refractivity contribution in [1.29, 1.82) is 5.26 Å². The average Bonchev–Trinajstić information content (AvgIpc) is 2.97. The van der Waals surface area contributed by atoms with Crippen LogP contribution in [0.25, 0.3) is 0 Å². The number of anilines is 1. The summed E-state index contributed by atoms with van der Waals surface area (Å²) in [5.74, 6) is -0.149. The Balaban J connectivity index is 2.07. The summed E-state index contributed by atoms with van der Waals surface area (Å²) in [6, 6.07) is 9.83. The summed E-state index contributed by atoms with van der Waals surface area (Å²) in [5, 5.41) is 11.5. The number of imide groups is 1. The van der Waals surface area contributed by atoms with Crippen molar-refractivity contribution in [3.63, 3.8) is 0 Å². The molecule has 9 heteroatoms. The van der Waals surface area contributed by atoms with Crippen molar-refractivity contribution in [3.05, 3.63) is 59.2 Å². The van der Waals surface area contributed by atoms with Gasteiger partial charge in [-0.1, -0.05) is 19.1 Å². The van der Waals surface area contributed by atoms with Crippen LogP contribution in [0.1, 0.15) is 30.0 Å². The van der Waals surface area contributed by atoms with E-state index in [0.29, 0.717) is 22.3 Å². The first-order valence-electron chi connectivity index (χ1n) is 8.60. The monoisotopic (exact) mass is 403 g/mol. The minimum absolute atomic E-state index is 0.183. The molecule has 1 N–H and O–H groups in total. The van der Waals surface area contributed by atoms with Crippen LogP contribution in [0.3, 0.4) is 0 Å². The lowest BCUT2D eigenvalue weighted by Crippen LogP contribution is -2.43. The molecule has 1 aliphatic rings. The number of nitrogens with zero attached hydrogens (tertiary/aromatic N) is 2. The molecule has 1 fully saturated rings. The molecule has 1 atom stereocenters. The van der Waals surface area contributed by atoms with E-state index in [2.05, 4.69) is 5.32 Å². The summed E-state index contributed by atoms with van der Waals surface area (Å²) in [7, 11) is 1.48. The van der Waals surface area contributed by atoms with Crippen LogP contribution in [0.4, 0.5) is 23.7 Å². The SMILES string of the molecule is CCC1(c2ccc(OC)cc2)NC(=O)N(c2ccc(C#N)c(C(F)(F)F)c2)C1=O. The van der Waals surface area contributed by atoms with E-state index in [1.807, 2.05) is 0 Å². The molecular weight excluding hydrogens is 387 g/mol. The van der Waals surface area contributed by atoms with Crippen LogP contribution >= 0.6 is 0 Å². The number of ether oxygens (including phenoxy) is 1. The van der Waals surface area contributed by atoms with Crippen molar-refractivity contribution in [2.45, 2.75) is 25.1 Å². The number of hydrogen-bond acceptors (Lipinski definition) is 4. The number of urea groups is 1. The number of alkyl halides is 3. The largest absolute Gasteiger partial charge is 0.497 e. The van der Waals surface area contributed by atoms with Gasteiger partial charge in [-0.05, 0) is 42.3 Å². The Morgan fingerprint density at radius 3 is 2.34 bits per heavy atom. The van der Waals surface area contributed by atoms with Gasteiger partial charge in [-0.2, -0.15) is 18.4 Å². The topological polar surface area (TPSA) is 82.4 Å². The third-order valence-electron chi connectivity index (χ3n) is 4.89. The molecule has 29 heavy (non-hydrogen) atoms. The van der Waals surface area contributed by atoms with Crippen LogP contribution < -0.4 is 15.0 Å². The summed E-state index contributed by atoms with van der Waals surface area (Å²) < 4.78 is 44.9. The van der Waals surface area contributed by atoms with Gasteiger partial charge in [0.05, 0.1) is 30.0 Å². The predicted molar refractivity (Wildman–Crippen MR) is 97.1 cm³/mol. The molecule has 3 amide bonds. The third-order valence-corrected chi connectivity index (χ3v) is 4.89. The number of benzene rings is 2. The summed E-state index contributed by atoms with van der Waals surface area (Å²) in [5.41, 5.74) is -3.01. The van der Waals surface area contributed by atoms with Gasteiger partial charge in [0.2, 0.25) is 0 Å². The van der Waals surface area contributed by atoms with E-state index in [4.69, 9.17) is 10.00 Å². The van der Waals surface area contributed by atoms with Gasteiger partial charge in [-0.25, -0.2) is 9.69 Å². The first kappa shape index (κ1) is 20.2. The fraction of sp³-hybridized carbons (Fsp3) is 0.250. The number of amides is 3. The zero-order valence-corrected chi connectivity index (χ0v) is 15.5. The van der Waals surface area contributed by atoms with Crippen LogP contribution in [-0.2, 0) is 16.5 Å². The molecule has 0 saturated carbocycles. The molecule has 1 saturated heterocycles. The van der Waals surface area contributed by atoms with Crippen LogP contribution in [0, 0.1) is 11.3 Å². The Morgan fingerprint density at radius 1 is 1.17 bits per heavy atom. The Bertz CT molecular complexity index is 1010. The second-order valence-corrected chi connectivity index (χ2v) is 6.40. The highest BCUT2D eigenvalue weighted by Crippen LogP contribution is 2.39. The number of methoxy groups -OCH3 is 1. The zero-order valence-electron chi connectivity index (χ0n) is 15.5. The van der Waals surface area contributed by atoms with E-state index in [1.54, 1.807) is 31.2 Å². The van der Waals surface area contributed by atoms with Crippen molar-refractivity contribution in [1.82, 2.24) is 5.32 Å². The van der Waals surface area contributed by atoms with E-state index >= 15 is 0 Å². The van der Waals surface area contributed by atoms with Crippen LogP contribution in [0.15, 0.2) is 42.5 Å². The van der Waals surface area contributed by atoms with E-state index in [0.717, 1.165) is 12.1 Å². The molecule has 0 aromatic heterocycles. The standard InChI is InChI=1S/C20H16F3N3O3/c1-3-19(13-5-8-15(29-2)9-6-13)17(27)26(18(28)25-19)14-7-4-12(11-24)16(10-14)20(21,22)23/h4-10H,3H2,1-2H3,(H,25,28). The Kier molecular flexibility index (Phi) is 4.96. The second-order valence-electron chi connectivity index (χ2n) is 6.40. The van der Waals surface area contributed by atoms with Crippen molar-refractivity contribution in [2.75, 3.05) is 12.0 Å². The van der Waals surface area contributed by atoms with Gasteiger partial charge in [0.1, 0.15) is 11.3 Å². The molecule has 3 rings (SSSR count). The zero-order chi connectivity index (χ0) is 21.4. The average molecular weight is 403 g/mol. The van der Waals surface area contributed by atoms with Crippen LogP contribution in [0.2, 0.25) is 0 Å². The highest BCUT2D eigenvalue weighted by molar-refractivity contribution is 6.23. The molecule has 150 valence electrons. The van der Waals surface area contributed by atoms with Crippen LogP contribution in [0.5, 0.6) is 5.75 Å². The molecule has 2 aromatic carbocycles. The van der Waals surface area contributed by atoms with Crippen molar-refractivity contribution in [3.8, 4) is 11.8 Å². The molecule has 2 aromatic rings. The molecule has 0 radical (unpaired) electrons. The molecular formula is C20H16F3N3O3. The molecule has 1 aliphatic heterocycles. The summed E-state index contributed by atoms with van der Waals surface area (Å²) in [6.07, 6.45) is -4.62. The lowest BCUT2D eigenvalue weighted by Gasteiger charge is -2.26. The molecule has 1 heterocycles. The summed E-state index contributed by atoms with van der Waals surface area (Å²) in [4.78, 5) is 26.5. The molecule has 0 aliphatic carbocycles. The normalized spacial score (nSPS) is 19.1. The predicted octanol–water partition coefficient (Wildman–Crippen LogP) is 3.95. The minimum Gasteiger partial charge on any atom is -0.497 e. The second kappa shape index (κ2) is 7.13.